The Kier molecular flexibility index (Phi) is 4.38. The minimum Gasteiger partial charge on any atom is -0.384 e. The lowest BCUT2D eigenvalue weighted by Crippen LogP contribution is -2.13. The Balaban J connectivity index is 2.35. The molecule has 7 heteroatoms. The van der Waals surface area contributed by atoms with Gasteiger partial charge in [0.2, 0.25) is 0 Å². The van der Waals surface area contributed by atoms with Crippen LogP contribution in [0.25, 0.3) is 0 Å². The van der Waals surface area contributed by atoms with Crippen LogP contribution in [0, 0.1) is 6.92 Å². The number of aryl methyl sites for hydroxylation is 1. The molecule has 1 heterocycles. The number of benzene rings is 1. The van der Waals surface area contributed by atoms with E-state index < -0.39 is 5.91 Å². The quantitative estimate of drug-likeness (QED) is 0.811. The number of hydrogen-bond donors (Lipinski definition) is 2. The normalized spacial score (nSPS) is 10.4. The maximum atomic E-state index is 12.2. The summed E-state index contributed by atoms with van der Waals surface area (Å²) >= 11 is 17.9. The fraction of sp³-hybridized carbons (Fsp3) is 0.0769. The molecule has 2 aromatic rings. The van der Waals surface area contributed by atoms with Gasteiger partial charge in [-0.2, -0.15) is 0 Å². The molecule has 3 N–H and O–H groups in total. The zero-order valence-electron chi connectivity index (χ0n) is 10.4. The third kappa shape index (κ3) is 3.15. The van der Waals surface area contributed by atoms with E-state index in [1.165, 1.54) is 12.1 Å². The van der Waals surface area contributed by atoms with Gasteiger partial charge in [0.1, 0.15) is 11.0 Å². The predicted molar refractivity (Wildman–Crippen MR) is 82.8 cm³/mol. The minimum absolute atomic E-state index is 0.136. The summed E-state index contributed by atoms with van der Waals surface area (Å²) in [5, 5.41) is 3.52. The molecule has 0 unspecified atom stereocenters. The van der Waals surface area contributed by atoms with E-state index in [9.17, 15) is 4.79 Å². The van der Waals surface area contributed by atoms with Crippen LogP contribution in [0.4, 0.5) is 11.5 Å². The average molecular weight is 331 g/mol. The molecule has 0 radical (unpaired) electrons. The second-order valence-electron chi connectivity index (χ2n) is 4.11. The van der Waals surface area contributed by atoms with Gasteiger partial charge in [-0.25, -0.2) is 4.98 Å². The number of nitrogens with two attached hydrogens (primary N) is 1. The molecule has 4 nitrogen and oxygen atoms in total. The highest BCUT2D eigenvalue weighted by Gasteiger charge is 2.14. The van der Waals surface area contributed by atoms with Crippen molar-refractivity contribution in [1.29, 1.82) is 0 Å². The van der Waals surface area contributed by atoms with Crippen LogP contribution in [0.2, 0.25) is 15.2 Å². The summed E-state index contributed by atoms with van der Waals surface area (Å²) in [7, 11) is 0. The van der Waals surface area contributed by atoms with Gasteiger partial charge in [0.25, 0.3) is 5.91 Å². The molecule has 1 amide bonds. The van der Waals surface area contributed by atoms with Gasteiger partial charge in [-0.1, -0.05) is 40.9 Å². The monoisotopic (exact) mass is 329 g/mol. The van der Waals surface area contributed by atoms with Crippen molar-refractivity contribution in [2.45, 2.75) is 6.92 Å². The second kappa shape index (κ2) is 5.87. The first-order valence-corrected chi connectivity index (χ1v) is 6.71. The highest BCUT2D eigenvalue weighted by atomic mass is 35.5. The lowest BCUT2D eigenvalue weighted by Gasteiger charge is -2.11. The largest absolute Gasteiger partial charge is 0.384 e. The smallest absolute Gasteiger partial charge is 0.255 e. The van der Waals surface area contributed by atoms with E-state index in [2.05, 4.69) is 10.3 Å². The van der Waals surface area contributed by atoms with Crippen molar-refractivity contribution in [3.8, 4) is 0 Å². The number of nitrogen functional groups attached to an aromatic ring is 1. The fourth-order valence-electron chi connectivity index (χ4n) is 1.61. The lowest BCUT2D eigenvalue weighted by molar-refractivity contribution is 0.102. The third-order valence-corrected chi connectivity index (χ3v) is 3.59. The van der Waals surface area contributed by atoms with E-state index >= 15 is 0 Å². The van der Waals surface area contributed by atoms with Gasteiger partial charge in [-0.05, 0) is 30.7 Å². The number of nitrogens with zero attached hydrogens (tertiary/aromatic N) is 1. The summed E-state index contributed by atoms with van der Waals surface area (Å²) < 4.78 is 0. The summed E-state index contributed by atoms with van der Waals surface area (Å²) in [5.41, 5.74) is 6.98. The number of rotatable bonds is 2. The zero-order valence-corrected chi connectivity index (χ0v) is 12.6. The molecule has 1 aromatic heterocycles. The van der Waals surface area contributed by atoms with Crippen molar-refractivity contribution in [1.82, 2.24) is 4.98 Å². The Labute approximate surface area is 130 Å². The zero-order chi connectivity index (χ0) is 14.9. The van der Waals surface area contributed by atoms with Crippen LogP contribution < -0.4 is 11.1 Å². The summed E-state index contributed by atoms with van der Waals surface area (Å²) in [6, 6.07) is 6.25. The number of anilines is 2. The van der Waals surface area contributed by atoms with Gasteiger partial charge in [0.05, 0.1) is 15.7 Å². The second-order valence-corrected chi connectivity index (χ2v) is 5.28. The molecule has 1 aromatic carbocycles. The molecule has 2 rings (SSSR count). The molecule has 0 saturated heterocycles. The van der Waals surface area contributed by atoms with Gasteiger partial charge in [-0.3, -0.25) is 4.79 Å². The van der Waals surface area contributed by atoms with Crippen molar-refractivity contribution in [3.63, 3.8) is 0 Å². The van der Waals surface area contributed by atoms with Crippen LogP contribution in [0.5, 0.6) is 0 Å². The van der Waals surface area contributed by atoms with E-state index in [1.807, 2.05) is 6.92 Å². The summed E-state index contributed by atoms with van der Waals surface area (Å²) in [5.74, 6) is -0.264. The van der Waals surface area contributed by atoms with E-state index in [1.54, 1.807) is 12.1 Å². The molecule has 0 bridgehead atoms. The molecule has 0 spiro atoms. The average Bonchev–Trinajstić information content (AvgIpc) is 2.38. The summed E-state index contributed by atoms with van der Waals surface area (Å²) in [6.45, 7) is 1.82. The third-order valence-electron chi connectivity index (χ3n) is 2.60. The number of carbonyl (C=O) groups excluding carboxylic acids is 1. The molecular formula is C13H10Cl3N3O. The number of nitrogens with one attached hydrogen (secondary N) is 1. The number of carbonyl (C=O) groups is 1. The van der Waals surface area contributed by atoms with E-state index in [4.69, 9.17) is 40.5 Å². The van der Waals surface area contributed by atoms with Gasteiger partial charge in [0, 0.05) is 5.56 Å². The number of aromatic nitrogens is 1. The number of pyridine rings is 1. The van der Waals surface area contributed by atoms with Crippen molar-refractivity contribution >= 4 is 52.2 Å². The molecule has 104 valence electrons. The highest BCUT2D eigenvalue weighted by molar-refractivity contribution is 6.40. The van der Waals surface area contributed by atoms with Crippen LogP contribution in [0.3, 0.4) is 0 Å². The standard InChI is InChI=1S/C13H10Cl3N3O/c1-6-2-3-8(14)12(11(6)16)19-13(20)7-4-9(15)18-10(17)5-7/h2-5H,1H3,(H2,17,18)(H,19,20). The van der Waals surface area contributed by atoms with Crippen LogP contribution in [-0.4, -0.2) is 10.9 Å². The Morgan fingerprint density at radius 1 is 1.25 bits per heavy atom. The summed E-state index contributed by atoms with van der Waals surface area (Å²) in [4.78, 5) is 15.9. The van der Waals surface area contributed by atoms with E-state index in [0.29, 0.717) is 15.7 Å². The van der Waals surface area contributed by atoms with Gasteiger partial charge >= 0.3 is 0 Å². The number of amides is 1. The predicted octanol–water partition coefficient (Wildman–Crippen LogP) is 4.18. The van der Waals surface area contributed by atoms with E-state index in [-0.39, 0.29) is 16.5 Å². The number of hydrogen-bond acceptors (Lipinski definition) is 3. The molecule has 0 fully saturated rings. The molecular weight excluding hydrogens is 321 g/mol. The van der Waals surface area contributed by atoms with Crippen LogP contribution >= 0.6 is 34.8 Å². The first kappa shape index (κ1) is 14.9. The maximum Gasteiger partial charge on any atom is 0.255 e. The van der Waals surface area contributed by atoms with Crippen LogP contribution in [-0.2, 0) is 0 Å². The van der Waals surface area contributed by atoms with Crippen molar-refractivity contribution in [3.05, 3.63) is 50.6 Å². The Hall–Kier alpha value is -1.49. The Morgan fingerprint density at radius 2 is 1.95 bits per heavy atom. The minimum atomic E-state index is -0.421. The van der Waals surface area contributed by atoms with Crippen molar-refractivity contribution < 1.29 is 4.79 Å². The summed E-state index contributed by atoms with van der Waals surface area (Å²) in [6.07, 6.45) is 0. The molecule has 0 aliphatic rings. The maximum absolute atomic E-state index is 12.2. The topological polar surface area (TPSA) is 68.0 Å². The van der Waals surface area contributed by atoms with Crippen molar-refractivity contribution in [2.75, 3.05) is 11.1 Å². The Morgan fingerprint density at radius 3 is 2.60 bits per heavy atom. The first-order chi connectivity index (χ1) is 9.38. The van der Waals surface area contributed by atoms with Gasteiger partial charge in [0.15, 0.2) is 0 Å². The number of halogens is 3. The fourth-order valence-corrected chi connectivity index (χ4v) is 2.29. The molecule has 0 aliphatic carbocycles. The van der Waals surface area contributed by atoms with Crippen molar-refractivity contribution in [2.24, 2.45) is 0 Å². The molecule has 0 saturated carbocycles. The van der Waals surface area contributed by atoms with E-state index in [0.717, 1.165) is 5.56 Å². The molecule has 0 aliphatic heterocycles. The lowest BCUT2D eigenvalue weighted by atomic mass is 10.2. The molecule has 0 atom stereocenters. The van der Waals surface area contributed by atoms with Gasteiger partial charge < -0.3 is 11.1 Å². The van der Waals surface area contributed by atoms with Crippen LogP contribution in [0.15, 0.2) is 24.3 Å². The highest BCUT2D eigenvalue weighted by Crippen LogP contribution is 2.33. The van der Waals surface area contributed by atoms with Gasteiger partial charge in [-0.15, -0.1) is 0 Å². The first-order valence-electron chi connectivity index (χ1n) is 5.57. The molecule has 20 heavy (non-hydrogen) atoms. The SMILES string of the molecule is Cc1ccc(Cl)c(NC(=O)c2cc(N)nc(Cl)c2)c1Cl. The Bertz CT molecular complexity index is 669. The van der Waals surface area contributed by atoms with Crippen LogP contribution in [0.1, 0.15) is 15.9 Å².